The summed E-state index contributed by atoms with van der Waals surface area (Å²) in [5.41, 5.74) is 2.18. The first-order valence-electron chi connectivity index (χ1n) is 7.88. The third-order valence-electron chi connectivity index (χ3n) is 3.74. The lowest BCUT2D eigenvalue weighted by atomic mass is 10.1. The second-order valence-corrected chi connectivity index (χ2v) is 6.79. The highest BCUT2D eigenvalue weighted by molar-refractivity contribution is 7.10. The van der Waals surface area contributed by atoms with Gasteiger partial charge in [0.1, 0.15) is 0 Å². The number of thiophene rings is 1. The van der Waals surface area contributed by atoms with Gasteiger partial charge in [-0.1, -0.05) is 30.3 Å². The van der Waals surface area contributed by atoms with Gasteiger partial charge in [0.25, 0.3) is 0 Å². The van der Waals surface area contributed by atoms with Crippen LogP contribution in [0.2, 0.25) is 0 Å². The van der Waals surface area contributed by atoms with Gasteiger partial charge >= 0.3 is 6.03 Å². The molecule has 24 heavy (non-hydrogen) atoms. The molecule has 0 fully saturated rings. The van der Waals surface area contributed by atoms with Crippen molar-refractivity contribution in [2.24, 2.45) is 0 Å². The summed E-state index contributed by atoms with van der Waals surface area (Å²) < 4.78 is 5.09. The van der Waals surface area contributed by atoms with Crippen LogP contribution in [0.5, 0.6) is 0 Å². The average molecular weight is 347 g/mol. The normalized spacial score (nSPS) is 12.2. The second kappa shape index (κ2) is 9.42. The van der Waals surface area contributed by atoms with E-state index in [0.29, 0.717) is 19.7 Å². The van der Waals surface area contributed by atoms with E-state index in [-0.39, 0.29) is 12.1 Å². The number of carbonyl (C=O) groups is 1. The van der Waals surface area contributed by atoms with E-state index in [9.17, 15) is 4.79 Å². The molecule has 0 bridgehead atoms. The van der Waals surface area contributed by atoms with Crippen LogP contribution in [0.3, 0.4) is 0 Å². The van der Waals surface area contributed by atoms with Gasteiger partial charge in [-0.15, -0.1) is 11.3 Å². The fraction of sp³-hybridized carbons (Fsp3) is 0.389. The van der Waals surface area contributed by atoms with Crippen LogP contribution in [-0.4, -0.2) is 38.7 Å². The van der Waals surface area contributed by atoms with E-state index in [1.54, 1.807) is 18.4 Å². The zero-order valence-electron chi connectivity index (χ0n) is 14.4. The van der Waals surface area contributed by atoms with E-state index >= 15 is 0 Å². The molecule has 2 N–H and O–H groups in total. The molecular weight excluding hydrogens is 322 g/mol. The van der Waals surface area contributed by atoms with Gasteiger partial charge in [0.2, 0.25) is 0 Å². The Balaban J connectivity index is 1.78. The highest BCUT2D eigenvalue weighted by Crippen LogP contribution is 2.22. The number of hydrogen-bond donors (Lipinski definition) is 2. The van der Waals surface area contributed by atoms with Crippen molar-refractivity contribution in [1.82, 2.24) is 15.5 Å². The third-order valence-corrected chi connectivity index (χ3v) is 4.71. The highest BCUT2D eigenvalue weighted by Gasteiger charge is 2.15. The molecule has 2 amide bonds. The van der Waals surface area contributed by atoms with Crippen molar-refractivity contribution >= 4 is 17.4 Å². The number of likely N-dealkylation sites (N-methyl/N-ethyl adjacent to an activating group) is 1. The summed E-state index contributed by atoms with van der Waals surface area (Å²) in [4.78, 5) is 15.4. The monoisotopic (exact) mass is 347 g/mol. The van der Waals surface area contributed by atoms with Crippen molar-refractivity contribution in [1.29, 1.82) is 0 Å². The Bertz CT molecular complexity index is 612. The highest BCUT2D eigenvalue weighted by atomic mass is 32.1. The largest absolute Gasteiger partial charge is 0.380 e. The minimum Gasteiger partial charge on any atom is -0.380 e. The van der Waals surface area contributed by atoms with E-state index in [1.807, 2.05) is 44.4 Å². The molecule has 130 valence electrons. The third kappa shape index (κ3) is 5.63. The molecule has 0 spiro atoms. The Kier molecular flexibility index (Phi) is 7.24. The topological polar surface area (TPSA) is 53.6 Å². The maximum Gasteiger partial charge on any atom is 0.315 e. The minimum atomic E-state index is -0.153. The molecule has 1 atom stereocenters. The number of methoxy groups -OCH3 is 1. The first-order valence-corrected chi connectivity index (χ1v) is 8.76. The second-order valence-electron chi connectivity index (χ2n) is 5.81. The molecule has 0 radical (unpaired) electrons. The maximum absolute atomic E-state index is 12.0. The maximum atomic E-state index is 12.0. The molecule has 6 heteroatoms. The lowest BCUT2D eigenvalue weighted by Crippen LogP contribution is -2.40. The minimum absolute atomic E-state index is 0.153. The SMILES string of the molecule is COCc1ccc(CNC(=O)NCC(c2cccs2)N(C)C)cc1. The summed E-state index contributed by atoms with van der Waals surface area (Å²) in [6, 6.07) is 12.2. The fourth-order valence-corrected chi connectivity index (χ4v) is 3.30. The number of urea groups is 1. The van der Waals surface area contributed by atoms with Crippen molar-refractivity contribution in [2.45, 2.75) is 19.2 Å². The van der Waals surface area contributed by atoms with Crippen LogP contribution in [0.15, 0.2) is 41.8 Å². The van der Waals surface area contributed by atoms with Gasteiger partial charge in [-0.25, -0.2) is 4.79 Å². The zero-order valence-corrected chi connectivity index (χ0v) is 15.2. The molecule has 1 aromatic heterocycles. The van der Waals surface area contributed by atoms with Crippen LogP contribution in [0.4, 0.5) is 4.79 Å². The Morgan fingerprint density at radius 3 is 2.46 bits per heavy atom. The first-order chi connectivity index (χ1) is 11.6. The summed E-state index contributed by atoms with van der Waals surface area (Å²) in [7, 11) is 5.72. The van der Waals surface area contributed by atoms with Gasteiger partial charge in [-0.3, -0.25) is 0 Å². The van der Waals surface area contributed by atoms with E-state index in [0.717, 1.165) is 11.1 Å². The van der Waals surface area contributed by atoms with Crippen molar-refractivity contribution < 1.29 is 9.53 Å². The summed E-state index contributed by atoms with van der Waals surface area (Å²) in [5, 5.41) is 7.90. The molecule has 2 aromatic rings. The molecule has 0 aliphatic rings. The molecule has 2 rings (SSSR count). The summed E-state index contributed by atoms with van der Waals surface area (Å²) in [5.74, 6) is 0. The molecular formula is C18H25N3O2S. The van der Waals surface area contributed by atoms with Crippen molar-refractivity contribution in [3.63, 3.8) is 0 Å². The summed E-state index contributed by atoms with van der Waals surface area (Å²) >= 11 is 1.70. The number of benzene rings is 1. The van der Waals surface area contributed by atoms with Crippen LogP contribution in [0.25, 0.3) is 0 Å². The quantitative estimate of drug-likeness (QED) is 0.772. The van der Waals surface area contributed by atoms with Crippen LogP contribution >= 0.6 is 11.3 Å². The fourth-order valence-electron chi connectivity index (χ4n) is 2.37. The molecule has 0 aliphatic heterocycles. The van der Waals surface area contributed by atoms with Crippen LogP contribution in [0, 0.1) is 0 Å². The van der Waals surface area contributed by atoms with E-state index < -0.39 is 0 Å². The van der Waals surface area contributed by atoms with E-state index in [2.05, 4.69) is 27.0 Å². The molecule has 5 nitrogen and oxygen atoms in total. The van der Waals surface area contributed by atoms with Gasteiger partial charge in [0.05, 0.1) is 12.6 Å². The lowest BCUT2D eigenvalue weighted by Gasteiger charge is -2.23. The summed E-state index contributed by atoms with van der Waals surface area (Å²) in [6.07, 6.45) is 0. The number of nitrogens with one attached hydrogen (secondary N) is 2. The molecule has 1 aromatic carbocycles. The van der Waals surface area contributed by atoms with E-state index in [4.69, 9.17) is 4.74 Å². The van der Waals surface area contributed by atoms with Gasteiger partial charge in [0, 0.05) is 25.1 Å². The predicted octanol–water partition coefficient (Wildman–Crippen LogP) is 3.00. The Labute approximate surface area is 147 Å². The molecule has 1 unspecified atom stereocenters. The van der Waals surface area contributed by atoms with Gasteiger partial charge in [0.15, 0.2) is 0 Å². The van der Waals surface area contributed by atoms with Crippen molar-refractivity contribution in [3.05, 3.63) is 57.8 Å². The van der Waals surface area contributed by atoms with Crippen LogP contribution in [-0.2, 0) is 17.9 Å². The number of nitrogens with zero attached hydrogens (tertiary/aromatic N) is 1. The standard InChI is InChI=1S/C18H25N3O2S/c1-21(2)16(17-5-4-10-24-17)12-20-18(22)19-11-14-6-8-15(9-7-14)13-23-3/h4-10,16H,11-13H2,1-3H3,(H2,19,20,22). The van der Waals surface area contributed by atoms with Crippen molar-refractivity contribution in [3.8, 4) is 0 Å². The summed E-state index contributed by atoms with van der Waals surface area (Å²) in [6.45, 7) is 1.68. The first kappa shape index (κ1) is 18.4. The Hall–Kier alpha value is -1.89. The van der Waals surface area contributed by atoms with Gasteiger partial charge in [-0.2, -0.15) is 0 Å². The van der Waals surface area contributed by atoms with Crippen molar-refractivity contribution in [2.75, 3.05) is 27.7 Å². The predicted molar refractivity (Wildman–Crippen MR) is 98.1 cm³/mol. The van der Waals surface area contributed by atoms with Crippen LogP contribution < -0.4 is 10.6 Å². The molecule has 0 aliphatic carbocycles. The number of hydrogen-bond acceptors (Lipinski definition) is 4. The van der Waals surface area contributed by atoms with E-state index in [1.165, 1.54) is 4.88 Å². The number of carbonyl (C=O) groups excluding carboxylic acids is 1. The molecule has 0 saturated heterocycles. The van der Waals surface area contributed by atoms with Crippen LogP contribution in [0.1, 0.15) is 22.0 Å². The smallest absolute Gasteiger partial charge is 0.315 e. The Morgan fingerprint density at radius 1 is 1.17 bits per heavy atom. The molecule has 0 saturated carbocycles. The number of amides is 2. The Morgan fingerprint density at radius 2 is 1.88 bits per heavy atom. The number of rotatable bonds is 8. The lowest BCUT2D eigenvalue weighted by molar-refractivity contribution is 0.185. The van der Waals surface area contributed by atoms with Gasteiger partial charge in [-0.05, 0) is 36.7 Å². The average Bonchev–Trinajstić information content (AvgIpc) is 3.08. The van der Waals surface area contributed by atoms with Gasteiger partial charge < -0.3 is 20.3 Å². The number of ether oxygens (including phenoxy) is 1. The zero-order chi connectivity index (χ0) is 17.4. The molecule has 1 heterocycles.